The molecular weight excluding hydrogens is 403 g/mol. The summed E-state index contributed by atoms with van der Waals surface area (Å²) in [5.74, 6) is 1.53. The number of nitrogen functional groups attached to an aromatic ring is 1. The number of aryl methyl sites for hydroxylation is 1. The topological polar surface area (TPSA) is 73.1 Å². The van der Waals surface area contributed by atoms with E-state index in [-0.39, 0.29) is 0 Å². The highest BCUT2D eigenvalue weighted by Crippen LogP contribution is 2.31. The smallest absolute Gasteiger partial charge is 0.248 e. The van der Waals surface area contributed by atoms with Crippen molar-refractivity contribution in [3.05, 3.63) is 64.0 Å². The Hall–Kier alpha value is -2.35. The Balaban J connectivity index is 1.83. The van der Waals surface area contributed by atoms with E-state index in [2.05, 4.69) is 37.9 Å². The van der Waals surface area contributed by atoms with Gasteiger partial charge in [-0.15, -0.1) is 0 Å². The van der Waals surface area contributed by atoms with Gasteiger partial charge in [0.05, 0.1) is 0 Å². The van der Waals surface area contributed by atoms with Crippen molar-refractivity contribution < 1.29 is 4.74 Å². The van der Waals surface area contributed by atoms with Gasteiger partial charge in [-0.25, -0.2) is 4.98 Å². The van der Waals surface area contributed by atoms with E-state index in [9.17, 15) is 0 Å². The average molecular weight is 418 g/mol. The van der Waals surface area contributed by atoms with Crippen LogP contribution >= 0.6 is 22.6 Å². The number of hydrogen-bond donors (Lipinski definition) is 2. The highest BCUT2D eigenvalue weighted by Gasteiger charge is 2.10. The number of nitrogens with zero attached hydrogens (tertiary/aromatic N) is 2. The Kier molecular flexibility index (Phi) is 4.61. The van der Waals surface area contributed by atoms with E-state index in [1.165, 1.54) is 6.33 Å². The minimum atomic E-state index is 0.330. The summed E-state index contributed by atoms with van der Waals surface area (Å²) in [5, 5.41) is 3.18. The van der Waals surface area contributed by atoms with Crippen molar-refractivity contribution >= 4 is 39.8 Å². The van der Waals surface area contributed by atoms with Crippen LogP contribution in [0.2, 0.25) is 0 Å². The van der Waals surface area contributed by atoms with Gasteiger partial charge in [0.2, 0.25) is 5.88 Å². The first kappa shape index (κ1) is 15.5. The maximum Gasteiger partial charge on any atom is 0.248 e. The molecule has 0 saturated carbocycles. The molecule has 0 bridgehead atoms. The molecule has 2 aromatic carbocycles. The zero-order valence-electron chi connectivity index (χ0n) is 12.5. The number of halogens is 1. The predicted octanol–water partition coefficient (Wildman–Crippen LogP) is 4.51. The molecule has 0 amide bonds. The van der Waals surface area contributed by atoms with Crippen molar-refractivity contribution in [3.8, 4) is 11.6 Å². The van der Waals surface area contributed by atoms with Crippen LogP contribution in [-0.4, -0.2) is 9.97 Å². The third kappa shape index (κ3) is 3.89. The minimum Gasteiger partial charge on any atom is -0.437 e. The van der Waals surface area contributed by atoms with E-state index in [1.54, 1.807) is 0 Å². The number of ether oxygens (including phenoxy) is 1. The lowest BCUT2D eigenvalue weighted by molar-refractivity contribution is 0.464. The van der Waals surface area contributed by atoms with Gasteiger partial charge in [-0.1, -0.05) is 17.7 Å². The first-order chi connectivity index (χ1) is 11.1. The first-order valence-corrected chi connectivity index (χ1v) is 8.07. The highest BCUT2D eigenvalue weighted by molar-refractivity contribution is 14.1. The number of nitrogens with one attached hydrogen (secondary N) is 1. The van der Waals surface area contributed by atoms with Crippen LogP contribution in [0.25, 0.3) is 0 Å². The van der Waals surface area contributed by atoms with E-state index in [4.69, 9.17) is 10.5 Å². The molecule has 23 heavy (non-hydrogen) atoms. The number of hydrogen-bond acceptors (Lipinski definition) is 5. The zero-order valence-corrected chi connectivity index (χ0v) is 14.6. The summed E-state index contributed by atoms with van der Waals surface area (Å²) in [5.41, 5.74) is 8.55. The quantitative estimate of drug-likeness (QED) is 0.611. The summed E-state index contributed by atoms with van der Waals surface area (Å²) < 4.78 is 6.90. The Labute approximate surface area is 148 Å². The van der Waals surface area contributed by atoms with Crippen molar-refractivity contribution in [3.63, 3.8) is 0 Å². The summed E-state index contributed by atoms with van der Waals surface area (Å²) in [4.78, 5) is 8.30. The average Bonchev–Trinajstić information content (AvgIpc) is 2.55. The molecule has 6 heteroatoms. The summed E-state index contributed by atoms with van der Waals surface area (Å²) in [6.45, 7) is 2.02. The van der Waals surface area contributed by atoms with Gasteiger partial charge in [-0.2, -0.15) is 4.98 Å². The summed E-state index contributed by atoms with van der Waals surface area (Å²) >= 11 is 2.26. The third-order valence-corrected chi connectivity index (χ3v) is 3.91. The largest absolute Gasteiger partial charge is 0.437 e. The van der Waals surface area contributed by atoms with Crippen LogP contribution in [0.4, 0.5) is 17.2 Å². The fourth-order valence-electron chi connectivity index (χ4n) is 1.95. The minimum absolute atomic E-state index is 0.330. The van der Waals surface area contributed by atoms with Gasteiger partial charge < -0.3 is 15.8 Å². The second kappa shape index (κ2) is 6.82. The van der Waals surface area contributed by atoms with E-state index in [0.717, 1.165) is 14.8 Å². The van der Waals surface area contributed by atoms with E-state index in [0.29, 0.717) is 23.1 Å². The lowest BCUT2D eigenvalue weighted by atomic mass is 10.2. The van der Waals surface area contributed by atoms with Gasteiger partial charge in [0.15, 0.2) is 5.82 Å². The van der Waals surface area contributed by atoms with Gasteiger partial charge in [0.25, 0.3) is 0 Å². The molecule has 3 aromatic rings. The number of aromatic nitrogens is 2. The number of benzene rings is 2. The molecule has 0 aliphatic carbocycles. The fourth-order valence-corrected chi connectivity index (χ4v) is 2.31. The molecule has 0 fully saturated rings. The van der Waals surface area contributed by atoms with Crippen molar-refractivity contribution in [1.82, 2.24) is 9.97 Å². The molecule has 0 spiro atoms. The number of rotatable bonds is 4. The number of nitrogens with two attached hydrogens (primary N) is 1. The molecule has 1 heterocycles. The lowest BCUT2D eigenvalue weighted by Gasteiger charge is -2.12. The Morgan fingerprint density at radius 1 is 1.00 bits per heavy atom. The monoisotopic (exact) mass is 418 g/mol. The highest BCUT2D eigenvalue weighted by atomic mass is 127. The van der Waals surface area contributed by atoms with E-state index in [1.807, 2.05) is 55.5 Å². The molecule has 3 N–H and O–H groups in total. The molecule has 0 unspecified atom stereocenters. The lowest BCUT2D eigenvalue weighted by Crippen LogP contribution is -2.03. The van der Waals surface area contributed by atoms with Gasteiger partial charge in [-0.05, 0) is 65.9 Å². The maximum atomic E-state index is 6.12. The second-order valence-corrected chi connectivity index (χ2v) is 6.23. The third-order valence-electron chi connectivity index (χ3n) is 3.19. The van der Waals surface area contributed by atoms with Crippen LogP contribution in [0.1, 0.15) is 5.56 Å². The van der Waals surface area contributed by atoms with E-state index < -0.39 is 0 Å². The van der Waals surface area contributed by atoms with E-state index >= 15 is 0 Å². The van der Waals surface area contributed by atoms with Crippen LogP contribution in [-0.2, 0) is 0 Å². The fraction of sp³-hybridized carbons (Fsp3) is 0.0588. The predicted molar refractivity (Wildman–Crippen MR) is 100 cm³/mol. The standard InChI is InChI=1S/C17H15IN4O/c1-11-2-8-14(9-3-11)23-17-15(19)16(20-10-21-17)22-13-6-4-12(18)5-7-13/h2-10H,19H2,1H3,(H,20,21,22). The van der Waals surface area contributed by atoms with Crippen molar-refractivity contribution in [2.45, 2.75) is 6.92 Å². The SMILES string of the molecule is Cc1ccc(Oc2ncnc(Nc3ccc(I)cc3)c2N)cc1. The van der Waals surface area contributed by atoms with Crippen molar-refractivity contribution in [1.29, 1.82) is 0 Å². The summed E-state index contributed by atoms with van der Waals surface area (Å²) in [7, 11) is 0. The molecular formula is C17H15IN4O. The molecule has 116 valence electrons. The van der Waals surface area contributed by atoms with Crippen LogP contribution in [0.5, 0.6) is 11.6 Å². The molecule has 1 aromatic heterocycles. The molecule has 0 aliphatic rings. The first-order valence-electron chi connectivity index (χ1n) is 6.99. The number of anilines is 3. The molecule has 5 nitrogen and oxygen atoms in total. The molecule has 3 rings (SSSR count). The van der Waals surface area contributed by atoms with Gasteiger partial charge in [0.1, 0.15) is 17.8 Å². The summed E-state index contributed by atoms with van der Waals surface area (Å²) in [6, 6.07) is 15.6. The second-order valence-electron chi connectivity index (χ2n) is 4.99. The molecule has 0 radical (unpaired) electrons. The van der Waals surface area contributed by atoms with Gasteiger partial charge in [0, 0.05) is 9.26 Å². The molecule has 0 atom stereocenters. The van der Waals surface area contributed by atoms with Gasteiger partial charge >= 0.3 is 0 Å². The van der Waals surface area contributed by atoms with Crippen LogP contribution in [0, 0.1) is 10.5 Å². The normalized spacial score (nSPS) is 10.3. The van der Waals surface area contributed by atoms with Gasteiger partial charge in [-0.3, -0.25) is 0 Å². The van der Waals surface area contributed by atoms with Crippen molar-refractivity contribution in [2.75, 3.05) is 11.1 Å². The zero-order chi connectivity index (χ0) is 16.2. The molecule has 0 saturated heterocycles. The van der Waals surface area contributed by atoms with Crippen LogP contribution in [0.3, 0.4) is 0 Å². The Bertz CT molecular complexity index is 738. The summed E-state index contributed by atoms with van der Waals surface area (Å²) in [6.07, 6.45) is 1.43. The molecule has 0 aliphatic heterocycles. The maximum absolute atomic E-state index is 6.12. The Morgan fingerprint density at radius 2 is 1.70 bits per heavy atom. The van der Waals surface area contributed by atoms with Crippen molar-refractivity contribution in [2.24, 2.45) is 0 Å². The Morgan fingerprint density at radius 3 is 2.39 bits per heavy atom. The van der Waals surface area contributed by atoms with Crippen LogP contribution in [0.15, 0.2) is 54.9 Å². The van der Waals surface area contributed by atoms with Crippen LogP contribution < -0.4 is 15.8 Å².